The average molecular weight is 337 g/mol. The number of hydrogen-bond acceptors (Lipinski definition) is 4. The van der Waals surface area contributed by atoms with Gasteiger partial charge in [0.1, 0.15) is 4.60 Å². The van der Waals surface area contributed by atoms with Crippen LogP contribution < -0.4 is 14.8 Å². The Hall–Kier alpha value is -1.75. The van der Waals surface area contributed by atoms with E-state index in [0.717, 1.165) is 27.4 Å². The molecule has 0 atom stereocenters. The number of hydrogen-bond donors (Lipinski definition) is 1. The summed E-state index contributed by atoms with van der Waals surface area (Å²) in [5.74, 6) is 1.51. The lowest BCUT2D eigenvalue weighted by Gasteiger charge is -2.12. The van der Waals surface area contributed by atoms with Crippen LogP contribution in [0.15, 0.2) is 41.1 Å². The first-order chi connectivity index (χ1) is 9.74. The van der Waals surface area contributed by atoms with E-state index in [1.165, 1.54) is 0 Å². The molecule has 0 saturated carbocycles. The van der Waals surface area contributed by atoms with Crippen LogP contribution in [0.3, 0.4) is 0 Å². The molecule has 1 aromatic carbocycles. The fourth-order valence-electron chi connectivity index (χ4n) is 1.81. The highest BCUT2D eigenvalue weighted by atomic mass is 79.9. The Morgan fingerprint density at radius 2 is 2.10 bits per heavy atom. The zero-order chi connectivity index (χ0) is 14.4. The molecule has 0 aliphatic rings. The van der Waals surface area contributed by atoms with Crippen LogP contribution >= 0.6 is 15.9 Å². The maximum Gasteiger partial charge on any atom is 0.161 e. The molecule has 5 heteroatoms. The Morgan fingerprint density at radius 3 is 2.80 bits per heavy atom. The van der Waals surface area contributed by atoms with Crippen molar-refractivity contribution in [3.8, 4) is 11.5 Å². The third-order valence-electron chi connectivity index (χ3n) is 2.77. The molecule has 106 valence electrons. The predicted octanol–water partition coefficient (Wildman–Crippen LogP) is 3.86. The van der Waals surface area contributed by atoms with Crippen molar-refractivity contribution in [2.45, 2.75) is 13.5 Å². The fourth-order valence-corrected chi connectivity index (χ4v) is 2.20. The van der Waals surface area contributed by atoms with Crippen molar-refractivity contribution in [1.29, 1.82) is 0 Å². The van der Waals surface area contributed by atoms with Crippen LogP contribution in [0.2, 0.25) is 0 Å². The highest BCUT2D eigenvalue weighted by Crippen LogP contribution is 2.28. The Bertz CT molecular complexity index is 576. The summed E-state index contributed by atoms with van der Waals surface area (Å²) >= 11 is 3.41. The quantitative estimate of drug-likeness (QED) is 0.813. The fraction of sp³-hybridized carbons (Fsp3) is 0.267. The lowest BCUT2D eigenvalue weighted by Crippen LogP contribution is -2.02. The number of anilines is 1. The molecule has 0 spiro atoms. The summed E-state index contributed by atoms with van der Waals surface area (Å²) in [6.45, 7) is 3.26. The van der Waals surface area contributed by atoms with Crippen molar-refractivity contribution in [3.05, 3.63) is 46.7 Å². The molecule has 1 N–H and O–H groups in total. The van der Waals surface area contributed by atoms with Crippen molar-refractivity contribution < 1.29 is 9.47 Å². The molecule has 0 radical (unpaired) electrons. The summed E-state index contributed by atoms with van der Waals surface area (Å²) in [5, 5.41) is 3.33. The first-order valence-corrected chi connectivity index (χ1v) is 7.18. The molecule has 0 unspecified atom stereocenters. The van der Waals surface area contributed by atoms with Crippen molar-refractivity contribution in [2.24, 2.45) is 0 Å². The molecule has 1 heterocycles. The van der Waals surface area contributed by atoms with Gasteiger partial charge in [-0.3, -0.25) is 0 Å². The lowest BCUT2D eigenvalue weighted by molar-refractivity contribution is 0.310. The Labute approximate surface area is 127 Å². The van der Waals surface area contributed by atoms with E-state index in [1.807, 2.05) is 37.3 Å². The summed E-state index contributed by atoms with van der Waals surface area (Å²) < 4.78 is 11.6. The minimum atomic E-state index is 0.622. The minimum Gasteiger partial charge on any atom is -0.493 e. The largest absolute Gasteiger partial charge is 0.493 e. The van der Waals surface area contributed by atoms with E-state index >= 15 is 0 Å². The van der Waals surface area contributed by atoms with Crippen molar-refractivity contribution in [3.63, 3.8) is 0 Å². The van der Waals surface area contributed by atoms with E-state index in [4.69, 9.17) is 9.47 Å². The molecule has 2 aromatic rings. The molecule has 1 aromatic heterocycles. The van der Waals surface area contributed by atoms with Gasteiger partial charge in [0.15, 0.2) is 11.5 Å². The van der Waals surface area contributed by atoms with Crippen molar-refractivity contribution in [1.82, 2.24) is 4.98 Å². The first kappa shape index (κ1) is 14.7. The molecular formula is C15H17BrN2O2. The molecule has 0 aliphatic heterocycles. The standard InChI is InChI=1S/C15H17BrN2O2/c1-3-20-13-7-6-11(9-14(13)19-2)10-18-12-5-4-8-17-15(12)16/h4-9,18H,3,10H2,1-2H3. The second-order valence-electron chi connectivity index (χ2n) is 4.11. The monoisotopic (exact) mass is 336 g/mol. The predicted molar refractivity (Wildman–Crippen MR) is 83.4 cm³/mol. The number of methoxy groups -OCH3 is 1. The molecular weight excluding hydrogens is 320 g/mol. The van der Waals surface area contributed by atoms with E-state index in [-0.39, 0.29) is 0 Å². The SMILES string of the molecule is CCOc1ccc(CNc2cccnc2Br)cc1OC. The number of halogens is 1. The van der Waals surface area contributed by atoms with Gasteiger partial charge < -0.3 is 14.8 Å². The molecule has 0 saturated heterocycles. The zero-order valence-electron chi connectivity index (χ0n) is 11.5. The molecule has 0 fully saturated rings. The average Bonchev–Trinajstić information content (AvgIpc) is 2.48. The maximum absolute atomic E-state index is 5.50. The van der Waals surface area contributed by atoms with Crippen LogP contribution in [-0.4, -0.2) is 18.7 Å². The van der Waals surface area contributed by atoms with E-state index in [2.05, 4.69) is 26.2 Å². The number of aromatic nitrogens is 1. The molecule has 2 rings (SSSR count). The van der Waals surface area contributed by atoms with Gasteiger partial charge in [0.25, 0.3) is 0 Å². The number of nitrogens with zero attached hydrogens (tertiary/aromatic N) is 1. The van der Waals surface area contributed by atoms with Crippen LogP contribution in [0.25, 0.3) is 0 Å². The number of nitrogens with one attached hydrogen (secondary N) is 1. The zero-order valence-corrected chi connectivity index (χ0v) is 13.1. The van der Waals surface area contributed by atoms with Crippen LogP contribution in [-0.2, 0) is 6.54 Å². The normalized spacial score (nSPS) is 10.2. The van der Waals surface area contributed by atoms with E-state index in [0.29, 0.717) is 13.2 Å². The lowest BCUT2D eigenvalue weighted by atomic mass is 10.2. The second kappa shape index (κ2) is 7.14. The van der Waals surface area contributed by atoms with Crippen molar-refractivity contribution in [2.75, 3.05) is 19.0 Å². The summed E-state index contributed by atoms with van der Waals surface area (Å²) in [7, 11) is 1.65. The Kier molecular flexibility index (Phi) is 5.24. The first-order valence-electron chi connectivity index (χ1n) is 6.38. The topological polar surface area (TPSA) is 43.4 Å². The van der Waals surface area contributed by atoms with Crippen LogP contribution in [0.1, 0.15) is 12.5 Å². The third-order valence-corrected chi connectivity index (χ3v) is 3.40. The van der Waals surface area contributed by atoms with Crippen LogP contribution in [0.4, 0.5) is 5.69 Å². The highest BCUT2D eigenvalue weighted by Gasteiger charge is 2.06. The highest BCUT2D eigenvalue weighted by molar-refractivity contribution is 9.10. The summed E-state index contributed by atoms with van der Waals surface area (Å²) in [6.07, 6.45) is 1.75. The van der Waals surface area contributed by atoms with Gasteiger partial charge in [-0.1, -0.05) is 6.07 Å². The van der Waals surface area contributed by atoms with Gasteiger partial charge in [0, 0.05) is 12.7 Å². The number of rotatable bonds is 6. The molecule has 0 amide bonds. The molecule has 0 bridgehead atoms. The van der Waals surface area contributed by atoms with E-state index < -0.39 is 0 Å². The maximum atomic E-state index is 5.50. The number of pyridine rings is 1. The van der Waals surface area contributed by atoms with Gasteiger partial charge in [-0.25, -0.2) is 4.98 Å². The number of benzene rings is 1. The Morgan fingerprint density at radius 1 is 1.25 bits per heavy atom. The van der Waals surface area contributed by atoms with E-state index in [1.54, 1.807) is 13.3 Å². The summed E-state index contributed by atoms with van der Waals surface area (Å²) in [5.41, 5.74) is 2.07. The smallest absolute Gasteiger partial charge is 0.161 e. The van der Waals surface area contributed by atoms with Gasteiger partial charge in [-0.2, -0.15) is 0 Å². The summed E-state index contributed by atoms with van der Waals surface area (Å²) in [6, 6.07) is 9.79. The van der Waals surface area contributed by atoms with E-state index in [9.17, 15) is 0 Å². The summed E-state index contributed by atoms with van der Waals surface area (Å²) in [4.78, 5) is 4.17. The number of ether oxygens (including phenoxy) is 2. The van der Waals surface area contributed by atoms with Crippen LogP contribution in [0.5, 0.6) is 11.5 Å². The molecule has 4 nitrogen and oxygen atoms in total. The Balaban J connectivity index is 2.08. The van der Waals surface area contributed by atoms with Gasteiger partial charge in [0.05, 0.1) is 19.4 Å². The van der Waals surface area contributed by atoms with Gasteiger partial charge >= 0.3 is 0 Å². The molecule has 0 aliphatic carbocycles. The molecule has 20 heavy (non-hydrogen) atoms. The van der Waals surface area contributed by atoms with Gasteiger partial charge in [0.2, 0.25) is 0 Å². The van der Waals surface area contributed by atoms with Crippen LogP contribution in [0, 0.1) is 0 Å². The second-order valence-corrected chi connectivity index (χ2v) is 4.86. The minimum absolute atomic E-state index is 0.622. The third kappa shape index (κ3) is 3.63. The van der Waals surface area contributed by atoms with Gasteiger partial charge in [-0.15, -0.1) is 0 Å². The van der Waals surface area contributed by atoms with Crippen molar-refractivity contribution >= 4 is 21.6 Å². The van der Waals surface area contributed by atoms with Gasteiger partial charge in [-0.05, 0) is 52.7 Å².